The van der Waals surface area contributed by atoms with Crippen LogP contribution in [0.5, 0.6) is 0 Å². The number of anilines is 1. The molecule has 0 aliphatic heterocycles. The number of carbonyl (C=O) groups excluding carboxylic acids is 1. The maximum Gasteiger partial charge on any atom is 0.366 e. The number of rotatable bonds is 3. The molecule has 0 radical (unpaired) electrons. The number of benzene rings is 2. The van der Waals surface area contributed by atoms with Crippen molar-refractivity contribution < 1.29 is 22.5 Å². The van der Waals surface area contributed by atoms with Gasteiger partial charge < -0.3 is 9.84 Å². The maximum atomic E-state index is 13.7. The number of hydrogen-bond donors (Lipinski definition) is 1. The molecule has 5 nitrogen and oxygen atoms in total. The van der Waals surface area contributed by atoms with Gasteiger partial charge >= 0.3 is 5.63 Å². The fourth-order valence-corrected chi connectivity index (χ4v) is 2.39. The molecular formula is C17H11F3N2O3. The largest absolute Gasteiger partial charge is 0.366 e. The average Bonchev–Trinajstić information content (AvgIpc) is 2.90. The summed E-state index contributed by atoms with van der Waals surface area (Å²) in [5.41, 5.74) is -1.10. The SMILES string of the molecule is Cn1oc(=O)c(-c2ccccc2)c1C(=O)Nc1ccc(F)c(F)c1F. The van der Waals surface area contributed by atoms with Gasteiger partial charge in [0.25, 0.3) is 5.91 Å². The smallest absolute Gasteiger partial charge is 0.335 e. The van der Waals surface area contributed by atoms with E-state index in [4.69, 9.17) is 4.52 Å². The average molecular weight is 348 g/mol. The molecule has 2 aromatic carbocycles. The van der Waals surface area contributed by atoms with E-state index in [0.717, 1.165) is 10.8 Å². The summed E-state index contributed by atoms with van der Waals surface area (Å²) >= 11 is 0. The Hall–Kier alpha value is -3.29. The first kappa shape index (κ1) is 16.6. The summed E-state index contributed by atoms with van der Waals surface area (Å²) in [6.07, 6.45) is 0. The summed E-state index contributed by atoms with van der Waals surface area (Å²) in [4.78, 5) is 24.5. The van der Waals surface area contributed by atoms with Crippen LogP contribution in [0.3, 0.4) is 0 Å². The van der Waals surface area contributed by atoms with Crippen LogP contribution in [-0.2, 0) is 7.05 Å². The third kappa shape index (κ3) is 2.93. The molecular weight excluding hydrogens is 337 g/mol. The van der Waals surface area contributed by atoms with Gasteiger partial charge in [-0.15, -0.1) is 0 Å². The van der Waals surface area contributed by atoms with E-state index in [1.54, 1.807) is 30.3 Å². The van der Waals surface area contributed by atoms with E-state index < -0.39 is 34.7 Å². The van der Waals surface area contributed by atoms with Crippen LogP contribution in [0, 0.1) is 17.5 Å². The van der Waals surface area contributed by atoms with Gasteiger partial charge in [-0.25, -0.2) is 22.7 Å². The van der Waals surface area contributed by atoms with Crippen LogP contribution in [0.25, 0.3) is 11.1 Å². The third-order valence-corrected chi connectivity index (χ3v) is 3.54. The zero-order chi connectivity index (χ0) is 18.1. The summed E-state index contributed by atoms with van der Waals surface area (Å²) in [6, 6.07) is 9.82. The van der Waals surface area contributed by atoms with E-state index in [2.05, 4.69) is 5.32 Å². The summed E-state index contributed by atoms with van der Waals surface area (Å²) in [6.45, 7) is 0. The lowest BCUT2D eigenvalue weighted by Gasteiger charge is -2.08. The molecule has 0 fully saturated rings. The molecule has 0 unspecified atom stereocenters. The molecule has 0 saturated carbocycles. The summed E-state index contributed by atoms with van der Waals surface area (Å²) in [5.74, 6) is -5.53. The summed E-state index contributed by atoms with van der Waals surface area (Å²) < 4.78 is 45.9. The van der Waals surface area contributed by atoms with Gasteiger partial charge in [0.15, 0.2) is 23.1 Å². The highest BCUT2D eigenvalue weighted by Crippen LogP contribution is 2.24. The van der Waals surface area contributed by atoms with E-state index in [1.807, 2.05) is 0 Å². The van der Waals surface area contributed by atoms with Crippen molar-refractivity contribution in [3.05, 3.63) is 76.0 Å². The number of carbonyl (C=O) groups is 1. The van der Waals surface area contributed by atoms with E-state index in [-0.39, 0.29) is 11.3 Å². The lowest BCUT2D eigenvalue weighted by atomic mass is 10.1. The molecule has 0 saturated heterocycles. The topological polar surface area (TPSA) is 64.2 Å². The predicted octanol–water partition coefficient (Wildman–Crippen LogP) is 3.31. The van der Waals surface area contributed by atoms with Crippen molar-refractivity contribution in [2.75, 3.05) is 5.32 Å². The molecule has 128 valence electrons. The van der Waals surface area contributed by atoms with Gasteiger partial charge in [-0.05, 0) is 17.7 Å². The van der Waals surface area contributed by atoms with E-state index in [1.165, 1.54) is 7.05 Å². The highest BCUT2D eigenvalue weighted by atomic mass is 19.2. The minimum Gasteiger partial charge on any atom is -0.335 e. The molecule has 0 spiro atoms. The quantitative estimate of drug-likeness (QED) is 0.739. The first-order valence-electron chi connectivity index (χ1n) is 7.10. The maximum absolute atomic E-state index is 13.7. The van der Waals surface area contributed by atoms with E-state index in [0.29, 0.717) is 11.6 Å². The fourth-order valence-electron chi connectivity index (χ4n) is 2.39. The van der Waals surface area contributed by atoms with E-state index >= 15 is 0 Å². The molecule has 3 rings (SSSR count). The molecule has 1 amide bonds. The third-order valence-electron chi connectivity index (χ3n) is 3.54. The van der Waals surface area contributed by atoms with E-state index in [9.17, 15) is 22.8 Å². The minimum absolute atomic E-state index is 0.0245. The van der Waals surface area contributed by atoms with Crippen LogP contribution in [0.4, 0.5) is 18.9 Å². The molecule has 1 N–H and O–H groups in total. The number of aryl methyl sites for hydroxylation is 1. The van der Waals surface area contributed by atoms with Crippen molar-refractivity contribution in [1.29, 1.82) is 0 Å². The van der Waals surface area contributed by atoms with Crippen molar-refractivity contribution in [2.45, 2.75) is 0 Å². The Morgan fingerprint density at radius 3 is 2.40 bits per heavy atom. The van der Waals surface area contributed by atoms with Crippen molar-refractivity contribution in [3.63, 3.8) is 0 Å². The van der Waals surface area contributed by atoms with Crippen LogP contribution in [0.2, 0.25) is 0 Å². The van der Waals surface area contributed by atoms with Crippen LogP contribution < -0.4 is 10.9 Å². The zero-order valence-corrected chi connectivity index (χ0v) is 12.8. The number of amides is 1. The van der Waals surface area contributed by atoms with Crippen LogP contribution in [-0.4, -0.2) is 10.6 Å². The van der Waals surface area contributed by atoms with Crippen molar-refractivity contribution in [3.8, 4) is 11.1 Å². The highest BCUT2D eigenvalue weighted by molar-refractivity contribution is 6.07. The molecule has 3 aromatic rings. The Morgan fingerprint density at radius 2 is 1.72 bits per heavy atom. The zero-order valence-electron chi connectivity index (χ0n) is 12.8. The molecule has 1 aromatic heterocycles. The number of aromatic nitrogens is 1. The normalized spacial score (nSPS) is 10.7. The molecule has 25 heavy (non-hydrogen) atoms. The molecule has 0 bridgehead atoms. The predicted molar refractivity (Wildman–Crippen MR) is 83.7 cm³/mol. The second kappa shape index (κ2) is 6.31. The number of hydrogen-bond acceptors (Lipinski definition) is 3. The molecule has 8 heteroatoms. The Kier molecular flexibility index (Phi) is 4.18. The van der Waals surface area contributed by atoms with Gasteiger partial charge in [-0.3, -0.25) is 4.79 Å². The standard InChI is InChI=1S/C17H11F3N2O3/c1-22-15(12(17(24)25-22)9-5-3-2-4-6-9)16(23)21-11-8-7-10(18)13(19)14(11)20/h2-8H,1H3,(H,21,23). The lowest BCUT2D eigenvalue weighted by Crippen LogP contribution is -2.18. The first-order chi connectivity index (χ1) is 11.9. The van der Waals surface area contributed by atoms with Crippen LogP contribution in [0.15, 0.2) is 51.8 Å². The highest BCUT2D eigenvalue weighted by Gasteiger charge is 2.25. The summed E-state index contributed by atoms with van der Waals surface area (Å²) in [5, 5.41) is 2.12. The van der Waals surface area contributed by atoms with Crippen LogP contribution >= 0.6 is 0 Å². The number of nitrogens with zero attached hydrogens (tertiary/aromatic N) is 1. The first-order valence-corrected chi connectivity index (χ1v) is 7.10. The van der Waals surface area contributed by atoms with Gasteiger partial charge in [0.05, 0.1) is 5.69 Å². The second-order valence-corrected chi connectivity index (χ2v) is 5.14. The molecule has 0 aliphatic carbocycles. The summed E-state index contributed by atoms with van der Waals surface area (Å²) in [7, 11) is 1.32. The number of halogens is 3. The van der Waals surface area contributed by atoms with Crippen molar-refractivity contribution in [1.82, 2.24) is 4.74 Å². The molecule has 0 aliphatic rings. The second-order valence-electron chi connectivity index (χ2n) is 5.14. The minimum atomic E-state index is -1.71. The number of nitrogens with one attached hydrogen (secondary N) is 1. The van der Waals surface area contributed by atoms with Crippen LogP contribution in [0.1, 0.15) is 10.5 Å². The van der Waals surface area contributed by atoms with Gasteiger partial charge in [0, 0.05) is 7.05 Å². The van der Waals surface area contributed by atoms with Gasteiger partial charge in [0.1, 0.15) is 5.56 Å². The fraction of sp³-hybridized carbons (Fsp3) is 0.0588. The molecule has 0 atom stereocenters. The Labute approximate surface area is 139 Å². The Balaban J connectivity index is 2.05. The Bertz CT molecular complexity index is 1010. The molecule has 1 heterocycles. The van der Waals surface area contributed by atoms with Gasteiger partial charge in [-0.2, -0.15) is 0 Å². The Morgan fingerprint density at radius 1 is 1.04 bits per heavy atom. The lowest BCUT2D eigenvalue weighted by molar-refractivity contribution is 0.100. The monoisotopic (exact) mass is 348 g/mol. The van der Waals surface area contributed by atoms with Crippen molar-refractivity contribution in [2.24, 2.45) is 7.05 Å². The van der Waals surface area contributed by atoms with Gasteiger partial charge in [-0.1, -0.05) is 30.3 Å². The van der Waals surface area contributed by atoms with Crippen molar-refractivity contribution >= 4 is 11.6 Å². The van der Waals surface area contributed by atoms with Gasteiger partial charge in [0.2, 0.25) is 0 Å².